The molecule has 0 N–H and O–H groups in total. The fourth-order valence-electron chi connectivity index (χ4n) is 4.06. The Bertz CT molecular complexity index is 1020. The van der Waals surface area contributed by atoms with Crippen LogP contribution in [0.2, 0.25) is 5.02 Å². The second kappa shape index (κ2) is 8.34. The van der Waals surface area contributed by atoms with Gasteiger partial charge in [0.05, 0.1) is 5.02 Å². The molecule has 2 aliphatic rings. The molecule has 1 saturated heterocycles. The molecule has 1 aliphatic carbocycles. The van der Waals surface area contributed by atoms with Crippen molar-refractivity contribution in [2.75, 3.05) is 31.1 Å². The van der Waals surface area contributed by atoms with Gasteiger partial charge in [0.2, 0.25) is 27.5 Å². The smallest absolute Gasteiger partial charge is 0.244 e. The van der Waals surface area contributed by atoms with Crippen LogP contribution < -0.4 is 4.90 Å². The fourth-order valence-corrected chi connectivity index (χ4v) is 5.98. The maximum Gasteiger partial charge on any atom is 0.244 e. The molecule has 7 nitrogen and oxygen atoms in total. The predicted octanol–water partition coefficient (Wildman–Crippen LogP) is 3.76. The minimum atomic E-state index is -3.66. The van der Waals surface area contributed by atoms with Gasteiger partial charge in [0.25, 0.3) is 0 Å². The highest BCUT2D eigenvalue weighted by molar-refractivity contribution is 7.89. The monoisotopic (exact) mass is 434 g/mol. The summed E-state index contributed by atoms with van der Waals surface area (Å²) in [5.74, 6) is 1.37. The number of hydrogen-bond acceptors (Lipinski definition) is 6. The van der Waals surface area contributed by atoms with Crippen molar-refractivity contribution >= 4 is 27.5 Å². The number of oxazole rings is 1. The van der Waals surface area contributed by atoms with Gasteiger partial charge in [-0.05, 0) is 25.0 Å². The lowest BCUT2D eigenvalue weighted by Crippen LogP contribution is -2.48. The van der Waals surface area contributed by atoms with Crippen LogP contribution in [0.3, 0.4) is 0 Å². The molecule has 0 radical (unpaired) electrons. The van der Waals surface area contributed by atoms with E-state index < -0.39 is 10.0 Å². The molecule has 4 rings (SSSR count). The quantitative estimate of drug-likeness (QED) is 0.727. The SMILES string of the molecule is N#Cc1nc(C2CCCCC2)oc1N1CCN(S(=O)(=O)c2ccccc2Cl)CC1. The summed E-state index contributed by atoms with van der Waals surface area (Å²) in [5, 5.41) is 9.72. The maximum absolute atomic E-state index is 12.9. The minimum Gasteiger partial charge on any atom is -0.423 e. The standard InChI is InChI=1S/C20H23ClN4O3S/c21-16-8-4-5-9-18(16)29(26,27)25-12-10-24(11-13-25)20-17(14-22)23-19(28-20)15-6-2-1-3-7-15/h4-5,8-9,15H,1-3,6-7,10-13H2. The van der Waals surface area contributed by atoms with Crippen LogP contribution in [-0.4, -0.2) is 43.9 Å². The van der Waals surface area contributed by atoms with Crippen LogP contribution in [-0.2, 0) is 10.0 Å². The number of rotatable bonds is 4. The van der Waals surface area contributed by atoms with Gasteiger partial charge in [0, 0.05) is 32.1 Å². The largest absolute Gasteiger partial charge is 0.423 e. The van der Waals surface area contributed by atoms with Gasteiger partial charge >= 0.3 is 0 Å². The third-order valence-electron chi connectivity index (χ3n) is 5.67. The first kappa shape index (κ1) is 20.2. The number of benzene rings is 1. The Morgan fingerprint density at radius 1 is 1.10 bits per heavy atom. The number of nitrogens with zero attached hydrogens (tertiary/aromatic N) is 4. The first-order valence-corrected chi connectivity index (χ1v) is 11.7. The Labute approximate surface area is 175 Å². The second-order valence-electron chi connectivity index (χ2n) is 7.47. The van der Waals surface area contributed by atoms with E-state index in [0.717, 1.165) is 25.7 Å². The summed E-state index contributed by atoms with van der Waals surface area (Å²) in [6.07, 6.45) is 5.62. The Balaban J connectivity index is 1.49. The number of piperazine rings is 1. The topological polar surface area (TPSA) is 90.4 Å². The van der Waals surface area contributed by atoms with Gasteiger partial charge < -0.3 is 9.32 Å². The molecule has 1 aromatic heterocycles. The highest BCUT2D eigenvalue weighted by Crippen LogP contribution is 2.35. The highest BCUT2D eigenvalue weighted by atomic mass is 35.5. The third-order valence-corrected chi connectivity index (χ3v) is 8.06. The van der Waals surface area contributed by atoms with E-state index in [1.807, 2.05) is 4.90 Å². The van der Waals surface area contributed by atoms with Crippen LogP contribution in [0, 0.1) is 11.3 Å². The first-order chi connectivity index (χ1) is 14.0. The summed E-state index contributed by atoms with van der Waals surface area (Å²) >= 11 is 6.09. The molecular weight excluding hydrogens is 412 g/mol. The van der Waals surface area contributed by atoms with Gasteiger partial charge in [-0.2, -0.15) is 9.57 Å². The normalized spacial score (nSPS) is 19.2. The molecule has 29 heavy (non-hydrogen) atoms. The zero-order valence-corrected chi connectivity index (χ0v) is 17.6. The van der Waals surface area contributed by atoms with E-state index in [0.29, 0.717) is 24.9 Å². The average Bonchev–Trinajstić information content (AvgIpc) is 3.19. The zero-order valence-electron chi connectivity index (χ0n) is 16.1. The summed E-state index contributed by atoms with van der Waals surface area (Å²) in [4.78, 5) is 6.47. The third kappa shape index (κ3) is 4.00. The average molecular weight is 435 g/mol. The number of sulfonamides is 1. The van der Waals surface area contributed by atoms with Crippen molar-refractivity contribution in [2.24, 2.45) is 0 Å². The molecule has 1 saturated carbocycles. The van der Waals surface area contributed by atoms with Gasteiger partial charge in [0.1, 0.15) is 11.0 Å². The summed E-state index contributed by atoms with van der Waals surface area (Å²) in [5.41, 5.74) is 0.285. The van der Waals surface area contributed by atoms with E-state index in [1.165, 1.54) is 16.8 Å². The van der Waals surface area contributed by atoms with E-state index >= 15 is 0 Å². The summed E-state index contributed by atoms with van der Waals surface area (Å²) in [7, 11) is -3.66. The van der Waals surface area contributed by atoms with E-state index in [-0.39, 0.29) is 34.6 Å². The molecule has 2 fully saturated rings. The molecule has 0 atom stereocenters. The Hall–Kier alpha value is -2.08. The molecule has 0 bridgehead atoms. The number of aromatic nitrogens is 1. The van der Waals surface area contributed by atoms with Crippen LogP contribution in [0.15, 0.2) is 33.6 Å². The number of halogens is 1. The van der Waals surface area contributed by atoms with Crippen molar-refractivity contribution in [1.29, 1.82) is 5.26 Å². The molecule has 1 aromatic carbocycles. The van der Waals surface area contributed by atoms with Crippen LogP contribution >= 0.6 is 11.6 Å². The molecule has 154 valence electrons. The summed E-state index contributed by atoms with van der Waals surface area (Å²) < 4.78 is 33.3. The van der Waals surface area contributed by atoms with Crippen molar-refractivity contribution in [3.05, 3.63) is 40.9 Å². The first-order valence-electron chi connectivity index (χ1n) is 9.91. The van der Waals surface area contributed by atoms with Gasteiger partial charge in [-0.25, -0.2) is 13.4 Å². The van der Waals surface area contributed by atoms with Crippen molar-refractivity contribution in [3.63, 3.8) is 0 Å². The summed E-state index contributed by atoms with van der Waals surface area (Å²) in [6.45, 7) is 1.44. The van der Waals surface area contributed by atoms with Gasteiger partial charge in [-0.1, -0.05) is 43.0 Å². The zero-order chi connectivity index (χ0) is 20.4. The minimum absolute atomic E-state index is 0.118. The molecular formula is C20H23ClN4O3S. The van der Waals surface area contributed by atoms with Gasteiger partial charge in [-0.3, -0.25) is 0 Å². The van der Waals surface area contributed by atoms with Crippen molar-refractivity contribution in [2.45, 2.75) is 42.9 Å². The molecule has 9 heteroatoms. The molecule has 0 amide bonds. The Morgan fingerprint density at radius 3 is 2.45 bits per heavy atom. The van der Waals surface area contributed by atoms with Crippen LogP contribution in [0.5, 0.6) is 0 Å². The van der Waals surface area contributed by atoms with E-state index in [9.17, 15) is 13.7 Å². The number of hydrogen-bond donors (Lipinski definition) is 0. The van der Waals surface area contributed by atoms with E-state index in [1.54, 1.807) is 18.2 Å². The molecule has 0 spiro atoms. The molecule has 0 unspecified atom stereocenters. The number of anilines is 1. The highest BCUT2D eigenvalue weighted by Gasteiger charge is 2.33. The van der Waals surface area contributed by atoms with Crippen LogP contribution in [0.1, 0.15) is 49.6 Å². The lowest BCUT2D eigenvalue weighted by Gasteiger charge is -2.33. The van der Waals surface area contributed by atoms with Gasteiger partial charge in [0.15, 0.2) is 0 Å². The Morgan fingerprint density at radius 2 is 1.79 bits per heavy atom. The van der Waals surface area contributed by atoms with Crippen molar-refractivity contribution in [3.8, 4) is 6.07 Å². The van der Waals surface area contributed by atoms with Crippen molar-refractivity contribution < 1.29 is 12.8 Å². The fraction of sp³-hybridized carbons (Fsp3) is 0.500. The van der Waals surface area contributed by atoms with Gasteiger partial charge in [-0.15, -0.1) is 0 Å². The lowest BCUT2D eigenvalue weighted by atomic mass is 9.89. The molecule has 2 heterocycles. The maximum atomic E-state index is 12.9. The van der Waals surface area contributed by atoms with E-state index in [4.69, 9.17) is 16.0 Å². The van der Waals surface area contributed by atoms with Crippen LogP contribution in [0.25, 0.3) is 0 Å². The van der Waals surface area contributed by atoms with Crippen molar-refractivity contribution in [1.82, 2.24) is 9.29 Å². The summed E-state index contributed by atoms with van der Waals surface area (Å²) in [6, 6.07) is 8.59. The molecule has 1 aliphatic heterocycles. The van der Waals surface area contributed by atoms with E-state index in [2.05, 4.69) is 11.1 Å². The Kier molecular flexibility index (Phi) is 5.81. The predicted molar refractivity (Wildman–Crippen MR) is 109 cm³/mol. The second-order valence-corrected chi connectivity index (χ2v) is 9.79. The van der Waals surface area contributed by atoms with Crippen LogP contribution in [0.4, 0.5) is 5.88 Å². The molecule has 2 aromatic rings. The number of nitriles is 1. The lowest BCUT2D eigenvalue weighted by molar-refractivity contribution is 0.347.